The maximum atomic E-state index is 9.87. The fraction of sp³-hybridized carbons (Fsp3) is 0.417. The molecular formula is C12H19F6NiP+. The molecule has 0 saturated heterocycles. The summed E-state index contributed by atoms with van der Waals surface area (Å²) in [7, 11) is -10.7. The van der Waals surface area contributed by atoms with E-state index < -0.39 is 7.81 Å². The van der Waals surface area contributed by atoms with Crippen molar-refractivity contribution >= 4 is 7.81 Å². The maximum absolute atomic E-state index is 10.7. The van der Waals surface area contributed by atoms with Gasteiger partial charge in [0, 0.05) is 0 Å². The Hall–Kier alpha value is -0.0165. The van der Waals surface area contributed by atoms with Crippen molar-refractivity contribution in [3.8, 4) is 0 Å². The molecular weight excluding hydrogens is 348 g/mol. The molecule has 0 amide bonds. The standard InChI is InChI=1S/C8H12.C4H7.F6P.Ni/c1-2-4-6-8-7-5-3-1;1-3-4-2;1-7(2,3,4,5)6;/h1-2,7-8H,3-6H2;3-4H,1H2,2H3;;/q;;-1;+2/b2-1-,8-7-;;;. The van der Waals surface area contributed by atoms with Crippen LogP contribution >= 0.6 is 7.81 Å². The summed E-state index contributed by atoms with van der Waals surface area (Å²) in [5.74, 6) is 0. The first kappa shape index (κ1) is 25.0. The van der Waals surface area contributed by atoms with E-state index in [2.05, 4.69) is 31.2 Å². The molecule has 0 nitrogen and oxygen atoms in total. The molecule has 0 heterocycles. The minimum atomic E-state index is -10.7. The van der Waals surface area contributed by atoms with Crippen LogP contribution in [-0.2, 0) is 16.5 Å². The summed E-state index contributed by atoms with van der Waals surface area (Å²) >= 11 is 0. The zero-order chi connectivity index (χ0) is 15.5. The maximum Gasteiger partial charge on any atom is 2.00 e. The summed E-state index contributed by atoms with van der Waals surface area (Å²) in [4.78, 5) is 0. The van der Waals surface area contributed by atoms with E-state index in [1.165, 1.54) is 25.7 Å². The Labute approximate surface area is 126 Å². The Morgan fingerprint density at radius 1 is 0.800 bits per heavy atom. The smallest absolute Gasteiger partial charge is 0.0620 e. The van der Waals surface area contributed by atoms with Gasteiger partial charge < -0.3 is 0 Å². The van der Waals surface area contributed by atoms with E-state index in [1.54, 1.807) is 6.42 Å². The van der Waals surface area contributed by atoms with Gasteiger partial charge in [-0.25, -0.2) is 0 Å². The van der Waals surface area contributed by atoms with Gasteiger partial charge in [-0.05, 0) is 45.4 Å². The molecule has 0 unspecified atom stereocenters. The first-order valence-corrected chi connectivity index (χ1v) is 7.66. The van der Waals surface area contributed by atoms with E-state index in [-0.39, 0.29) is 16.5 Å². The van der Waals surface area contributed by atoms with Crippen LogP contribution in [0.3, 0.4) is 0 Å². The topological polar surface area (TPSA) is 0 Å². The van der Waals surface area contributed by atoms with Crippen LogP contribution in [0.1, 0.15) is 32.6 Å². The van der Waals surface area contributed by atoms with Crippen LogP contribution in [0.5, 0.6) is 0 Å². The minimum Gasteiger partial charge on any atom is -0.0620 e. The van der Waals surface area contributed by atoms with Crippen LogP contribution < -0.4 is 0 Å². The third-order valence-corrected chi connectivity index (χ3v) is 1.57. The van der Waals surface area contributed by atoms with Crippen molar-refractivity contribution in [3.63, 3.8) is 0 Å². The monoisotopic (exact) mass is 366 g/mol. The van der Waals surface area contributed by atoms with Crippen LogP contribution in [-0.4, -0.2) is 0 Å². The molecule has 0 spiro atoms. The molecule has 0 atom stereocenters. The Balaban J connectivity index is -0.000000224. The predicted molar refractivity (Wildman–Crippen MR) is 69.9 cm³/mol. The van der Waals surface area contributed by atoms with Crippen molar-refractivity contribution in [2.45, 2.75) is 32.6 Å². The molecule has 123 valence electrons. The van der Waals surface area contributed by atoms with Gasteiger partial charge in [-0.15, -0.1) is 0 Å². The van der Waals surface area contributed by atoms with Crippen molar-refractivity contribution in [2.75, 3.05) is 0 Å². The molecule has 1 rings (SSSR count). The third-order valence-electron chi connectivity index (χ3n) is 1.57. The van der Waals surface area contributed by atoms with E-state index in [0.717, 1.165) is 0 Å². The Bertz CT molecular complexity index is 240. The second kappa shape index (κ2) is 9.84. The van der Waals surface area contributed by atoms with Crippen LogP contribution in [0.4, 0.5) is 25.2 Å². The fourth-order valence-electron chi connectivity index (χ4n) is 0.856. The summed E-state index contributed by atoms with van der Waals surface area (Å²) in [5, 5.41) is 0. The molecule has 0 N–H and O–H groups in total. The zero-order valence-corrected chi connectivity index (χ0v) is 12.9. The van der Waals surface area contributed by atoms with Gasteiger partial charge in [0.05, 0.1) is 0 Å². The van der Waals surface area contributed by atoms with Crippen molar-refractivity contribution in [1.82, 2.24) is 0 Å². The quantitative estimate of drug-likeness (QED) is 0.197. The molecule has 3 radical (unpaired) electrons. The van der Waals surface area contributed by atoms with E-state index >= 15 is 0 Å². The molecule has 0 aliphatic heterocycles. The number of hydrogen-bond donors (Lipinski definition) is 0. The van der Waals surface area contributed by atoms with Gasteiger partial charge in [0.25, 0.3) is 0 Å². The molecule has 0 bridgehead atoms. The summed E-state index contributed by atoms with van der Waals surface area (Å²) in [6.45, 7) is 5.36. The third kappa shape index (κ3) is 64.3. The number of allylic oxidation sites excluding steroid dienone is 4. The SMILES string of the molecule is C1=C\CC/C=C\CC/1.F[P-](F)(F)(F)(F)F.[CH2][CH][CH]C.[Ni+2]. The van der Waals surface area contributed by atoms with Crippen molar-refractivity contribution < 1.29 is 41.7 Å². The summed E-state index contributed by atoms with van der Waals surface area (Å²) in [5.41, 5.74) is 0. The summed E-state index contributed by atoms with van der Waals surface area (Å²) in [6.07, 6.45) is 17.6. The van der Waals surface area contributed by atoms with Gasteiger partial charge in [0.1, 0.15) is 0 Å². The molecule has 1 aliphatic rings. The van der Waals surface area contributed by atoms with E-state index in [9.17, 15) is 25.2 Å². The second-order valence-corrected chi connectivity index (χ2v) is 5.54. The van der Waals surface area contributed by atoms with E-state index in [0.29, 0.717) is 0 Å². The summed E-state index contributed by atoms with van der Waals surface area (Å²) < 4.78 is 59.2. The first-order valence-electron chi connectivity index (χ1n) is 5.63. The van der Waals surface area contributed by atoms with Crippen LogP contribution in [0, 0.1) is 19.8 Å². The molecule has 8 heteroatoms. The second-order valence-electron chi connectivity index (χ2n) is 3.62. The minimum absolute atomic E-state index is 0. The average Bonchev–Trinajstić information content (AvgIpc) is 2.12. The number of rotatable bonds is 1. The van der Waals surface area contributed by atoms with Gasteiger partial charge >= 0.3 is 49.5 Å². The van der Waals surface area contributed by atoms with Crippen molar-refractivity contribution in [2.24, 2.45) is 0 Å². The van der Waals surface area contributed by atoms with Gasteiger partial charge in [-0.1, -0.05) is 31.2 Å². The number of halogens is 6. The Morgan fingerprint density at radius 2 is 0.950 bits per heavy atom. The normalized spacial score (nSPS) is 20.8. The van der Waals surface area contributed by atoms with E-state index in [1.807, 2.05) is 13.3 Å². The van der Waals surface area contributed by atoms with Crippen molar-refractivity contribution in [3.05, 3.63) is 44.1 Å². The molecule has 20 heavy (non-hydrogen) atoms. The first-order chi connectivity index (χ1) is 8.36. The van der Waals surface area contributed by atoms with E-state index in [4.69, 9.17) is 0 Å². The Morgan fingerprint density at radius 3 is 1.05 bits per heavy atom. The van der Waals surface area contributed by atoms with Gasteiger partial charge in [0.2, 0.25) is 0 Å². The van der Waals surface area contributed by atoms with Gasteiger partial charge in [0.15, 0.2) is 0 Å². The molecule has 0 aromatic rings. The van der Waals surface area contributed by atoms with Crippen LogP contribution in [0.25, 0.3) is 0 Å². The van der Waals surface area contributed by atoms with Crippen LogP contribution in [0.2, 0.25) is 0 Å². The number of hydrogen-bond acceptors (Lipinski definition) is 0. The zero-order valence-electron chi connectivity index (χ0n) is 11.0. The van der Waals surface area contributed by atoms with Crippen LogP contribution in [0.15, 0.2) is 24.3 Å². The van der Waals surface area contributed by atoms with Gasteiger partial charge in [-0.2, -0.15) is 0 Å². The summed E-state index contributed by atoms with van der Waals surface area (Å²) in [6, 6.07) is 0. The molecule has 0 aromatic heterocycles. The molecule has 0 fully saturated rings. The predicted octanol–water partition coefficient (Wildman–Crippen LogP) is 7.30. The Kier molecular flexibility index (Phi) is 12.3. The molecule has 0 saturated carbocycles. The molecule has 1 aliphatic carbocycles. The number of unbranched alkanes of at least 4 members (excludes halogenated alkanes) is 1. The van der Waals surface area contributed by atoms with Crippen molar-refractivity contribution in [1.29, 1.82) is 0 Å². The average molecular weight is 367 g/mol. The molecule has 0 aromatic carbocycles. The largest absolute Gasteiger partial charge is 2.00 e. The van der Waals surface area contributed by atoms with Gasteiger partial charge in [-0.3, -0.25) is 0 Å². The fourth-order valence-corrected chi connectivity index (χ4v) is 0.856.